The lowest BCUT2D eigenvalue weighted by Crippen LogP contribution is -2.61. The molecule has 6 aromatic rings. The quantitative estimate of drug-likeness (QED) is 0.0144. The molecule has 3 aliphatic heterocycles. The van der Waals surface area contributed by atoms with Crippen LogP contribution in [0, 0.1) is 23.7 Å². The van der Waals surface area contributed by atoms with Gasteiger partial charge in [-0.05, 0) is 153 Å². The number of ether oxygens (including phenoxy) is 4. The number of Topliss-reactive ketones (excluding diaryl/α,β-unsaturated/α-hetero) is 1. The first kappa shape index (κ1) is 74.7. The molecule has 2 saturated carbocycles. The molecule has 2 bridgehead atoms. The van der Waals surface area contributed by atoms with Crippen molar-refractivity contribution in [2.75, 3.05) is 61.5 Å². The second-order valence-electron chi connectivity index (χ2n) is 28.5. The number of carboxylic acid groups (broad SMARTS) is 3. The van der Waals surface area contributed by atoms with E-state index >= 15 is 0 Å². The Hall–Kier alpha value is -9.45. The van der Waals surface area contributed by atoms with Crippen molar-refractivity contribution in [2.24, 2.45) is 16.7 Å². The van der Waals surface area contributed by atoms with E-state index in [0.717, 1.165) is 52.7 Å². The van der Waals surface area contributed by atoms with Crippen LogP contribution in [-0.4, -0.2) is 190 Å². The third-order valence-electron chi connectivity index (χ3n) is 20.0. The van der Waals surface area contributed by atoms with Crippen LogP contribution in [0.25, 0.3) is 27.4 Å². The lowest BCUT2D eigenvalue weighted by atomic mass is 9.51. The van der Waals surface area contributed by atoms with Gasteiger partial charge in [-0.25, -0.2) is 24.4 Å². The molecule has 6 heterocycles. The van der Waals surface area contributed by atoms with E-state index in [1.807, 2.05) is 59.0 Å². The van der Waals surface area contributed by atoms with Crippen LogP contribution in [0.1, 0.15) is 147 Å². The number of fused-ring (bicyclic) bond motifs is 4. The lowest BCUT2D eigenvalue weighted by molar-refractivity contribution is -0.271. The number of carbonyl (C=O) groups excluding carboxylic acids is 5. The highest BCUT2D eigenvalue weighted by molar-refractivity contribution is 7.22. The molecule has 548 valence electrons. The molecule has 103 heavy (non-hydrogen) atoms. The van der Waals surface area contributed by atoms with Gasteiger partial charge in [0.15, 0.2) is 16.9 Å². The van der Waals surface area contributed by atoms with Crippen LogP contribution in [0.5, 0.6) is 5.75 Å². The number of aliphatic carboxylic acids is 2. The van der Waals surface area contributed by atoms with E-state index in [9.17, 15) is 69.0 Å². The maximum Gasteiger partial charge on any atom is 0.410 e. The number of pyridine rings is 1. The minimum Gasteiger partial charge on any atom is -0.481 e. The number of hydrogen-bond donors (Lipinski definition) is 8. The molecule has 2 aliphatic carbocycles. The summed E-state index contributed by atoms with van der Waals surface area (Å²) in [4.78, 5) is 115. The molecule has 9 atom stereocenters. The number of imide groups is 1. The van der Waals surface area contributed by atoms with Crippen LogP contribution in [0.3, 0.4) is 0 Å². The standard InChI is InChI=1S/C75H89N9O18S/c1-45-37-73(3)41-74(4,44-84-46(2)52(39-77-84)50-22-24-58(79-62(50)68(94)95)82-31-27-48-15-12-18-51(53(48)40-82)67(93)80-71-78-54-19-7-8-20-57(54)103-71)43-75(38-45,42-73)100-35-33-81(32-28-61(88)89)72(98)99-34-13-14-47-21-23-56(101-70-65(92)63(90)64(91)66(102-70)69(96)97)55(36-47)76-29-10-9-17-49(85)16-6-5-11-30-83-59(86)25-26-60(83)87/h7-8,12-15,18-26,36,39,45,63-66,70,76,90-92H,5-6,9-11,16-17,27-35,37-38,40-44H2,1-4H3,(H,88,89)(H,94,95)(H,96,97)(H,78,80,93)/b14-13+/t45?,63-,64-,65+,66-,70+,73?,74?,75?/m0/s1. The van der Waals surface area contributed by atoms with Crippen LogP contribution in [0.2, 0.25) is 0 Å². The maximum atomic E-state index is 13.9. The summed E-state index contributed by atoms with van der Waals surface area (Å²) < 4.78 is 26.9. The van der Waals surface area contributed by atoms with Gasteiger partial charge in [0.2, 0.25) is 6.29 Å². The van der Waals surface area contributed by atoms with Gasteiger partial charge in [0, 0.05) is 93.2 Å². The van der Waals surface area contributed by atoms with Gasteiger partial charge >= 0.3 is 24.0 Å². The van der Waals surface area contributed by atoms with Crippen LogP contribution < -0.4 is 20.3 Å². The number of thiazole rings is 1. The van der Waals surface area contributed by atoms with Crippen molar-refractivity contribution in [3.63, 3.8) is 0 Å². The van der Waals surface area contributed by atoms with Gasteiger partial charge < -0.3 is 64.7 Å². The van der Waals surface area contributed by atoms with Gasteiger partial charge in [0.05, 0.1) is 40.7 Å². The summed E-state index contributed by atoms with van der Waals surface area (Å²) in [5.74, 6) is -3.91. The number of hydrogen-bond acceptors (Lipinski definition) is 21. The number of rotatable bonds is 32. The molecule has 28 heteroatoms. The van der Waals surface area contributed by atoms with Crippen molar-refractivity contribution in [3.8, 4) is 16.9 Å². The van der Waals surface area contributed by atoms with Gasteiger partial charge in [0.1, 0.15) is 42.3 Å². The molecule has 3 fully saturated rings. The first-order chi connectivity index (χ1) is 49.3. The second kappa shape index (κ2) is 32.5. The van der Waals surface area contributed by atoms with Gasteiger partial charge in [0.25, 0.3) is 17.7 Å². The average Bonchev–Trinajstić information content (AvgIpc) is 1.26. The van der Waals surface area contributed by atoms with E-state index in [2.05, 4.69) is 36.4 Å². The molecule has 27 nitrogen and oxygen atoms in total. The summed E-state index contributed by atoms with van der Waals surface area (Å²) in [7, 11) is 0. The molecule has 3 aromatic carbocycles. The second-order valence-corrected chi connectivity index (χ2v) is 29.6. The fourth-order valence-corrected chi connectivity index (χ4v) is 16.7. The minimum absolute atomic E-state index is 0.0351. The van der Waals surface area contributed by atoms with E-state index < -0.39 is 60.3 Å². The SMILES string of the molecule is Cc1c(-c2ccc(N3CCc4cccc(C(=O)Nc5nc6ccccc6s5)c4C3)nc2C(=O)O)cnn1CC1(C)CC2(C)CC(C)CC(OCCN(CCC(=O)O)C(=O)OC/C=C/c3ccc(O[C@@H]4O[C@H](C(=O)O)[C@@H](O)[C@H](O)[C@H]4O)c(NCCCCC(=O)CCCCCN4C(=O)C=CC4=O)c3)(C2)C1. The molecular weight excluding hydrogens is 1350 g/mol. The van der Waals surface area contributed by atoms with E-state index in [1.165, 1.54) is 39.4 Å². The Bertz CT molecular complexity index is 4180. The third kappa shape index (κ3) is 18.1. The minimum atomic E-state index is -1.94. The molecule has 0 radical (unpaired) electrons. The van der Waals surface area contributed by atoms with Crippen molar-refractivity contribution in [3.05, 3.63) is 131 Å². The summed E-state index contributed by atoms with van der Waals surface area (Å²) >= 11 is 1.40. The number of para-hydroxylation sites is 1. The Morgan fingerprint density at radius 2 is 1.60 bits per heavy atom. The Kier molecular flexibility index (Phi) is 23.6. The molecule has 0 spiro atoms. The first-order valence-corrected chi connectivity index (χ1v) is 35.8. The number of aromatic carboxylic acids is 1. The normalized spacial score (nSPS) is 23.8. The predicted octanol–water partition coefficient (Wildman–Crippen LogP) is 9.29. The summed E-state index contributed by atoms with van der Waals surface area (Å²) in [5.41, 5.74) is 4.70. The molecular formula is C75H89N9O18S. The Morgan fingerprint density at radius 3 is 2.36 bits per heavy atom. The van der Waals surface area contributed by atoms with Gasteiger partial charge in [-0.15, -0.1) is 0 Å². The van der Waals surface area contributed by atoms with Crippen molar-refractivity contribution >= 4 is 91.8 Å². The number of benzene rings is 3. The maximum absolute atomic E-state index is 13.9. The third-order valence-corrected chi connectivity index (χ3v) is 21.0. The number of anilines is 3. The van der Waals surface area contributed by atoms with Gasteiger partial charge in [-0.2, -0.15) is 5.10 Å². The zero-order chi connectivity index (χ0) is 73.3. The number of nitrogens with zero attached hydrogens (tertiary/aromatic N) is 7. The zero-order valence-corrected chi connectivity index (χ0v) is 59.0. The fraction of sp³-hybridized carbons (Fsp3) is 0.480. The van der Waals surface area contributed by atoms with E-state index in [4.69, 9.17) is 29.0 Å². The number of carboxylic acids is 3. The Morgan fingerprint density at radius 1 is 0.825 bits per heavy atom. The number of unbranched alkanes of at least 4 members (excludes halogenated alkanes) is 3. The molecule has 8 N–H and O–H groups in total. The van der Waals surface area contributed by atoms with Crippen molar-refractivity contribution in [1.82, 2.24) is 29.5 Å². The summed E-state index contributed by atoms with van der Waals surface area (Å²) in [5, 5.41) is 73.3. The van der Waals surface area contributed by atoms with E-state index in [1.54, 1.807) is 42.6 Å². The van der Waals surface area contributed by atoms with E-state index in [-0.39, 0.29) is 78.5 Å². The lowest BCUT2D eigenvalue weighted by Gasteiger charge is -2.58. The van der Waals surface area contributed by atoms with Crippen LogP contribution in [0.4, 0.5) is 21.4 Å². The van der Waals surface area contributed by atoms with Crippen LogP contribution in [0.15, 0.2) is 97.2 Å². The zero-order valence-electron chi connectivity index (χ0n) is 58.2. The van der Waals surface area contributed by atoms with E-state index in [0.29, 0.717) is 135 Å². The number of aliphatic hydroxyl groups is 3. The highest BCUT2D eigenvalue weighted by Crippen LogP contribution is 2.60. The summed E-state index contributed by atoms with van der Waals surface area (Å²) in [6, 6.07) is 21.8. The highest BCUT2D eigenvalue weighted by atomic mass is 32.1. The number of ketones is 1. The van der Waals surface area contributed by atoms with Gasteiger partial charge in [-0.3, -0.25) is 38.9 Å². The van der Waals surface area contributed by atoms with Crippen molar-refractivity contribution < 1.29 is 87.9 Å². The van der Waals surface area contributed by atoms with Crippen molar-refractivity contribution in [2.45, 2.75) is 167 Å². The number of carbonyl (C=O) groups is 8. The summed E-state index contributed by atoms with van der Waals surface area (Å²) in [6.07, 6.45) is 5.21. The average molecular weight is 1440 g/mol. The number of amides is 4. The topological polar surface area (TPSA) is 372 Å². The number of aliphatic hydroxyl groups excluding tert-OH is 3. The van der Waals surface area contributed by atoms with Crippen LogP contribution in [-0.2, 0) is 57.7 Å². The first-order valence-electron chi connectivity index (χ1n) is 35.0. The molecule has 4 amide bonds. The summed E-state index contributed by atoms with van der Waals surface area (Å²) in [6.45, 7) is 10.4. The smallest absolute Gasteiger partial charge is 0.410 e. The monoisotopic (exact) mass is 1440 g/mol. The largest absolute Gasteiger partial charge is 0.481 e. The number of aromatic nitrogens is 4. The van der Waals surface area contributed by atoms with Gasteiger partial charge in [-0.1, -0.05) is 74.9 Å². The Labute approximate surface area is 599 Å². The number of nitrogens with one attached hydrogen (secondary N) is 2. The fourth-order valence-electron chi connectivity index (χ4n) is 15.9. The van der Waals surface area contributed by atoms with Crippen molar-refractivity contribution in [1.29, 1.82) is 0 Å². The molecule has 4 unspecified atom stereocenters. The van der Waals surface area contributed by atoms with Crippen LogP contribution >= 0.6 is 11.3 Å². The molecule has 3 aromatic heterocycles. The highest BCUT2D eigenvalue weighted by Gasteiger charge is 2.56. The molecule has 1 saturated heterocycles. The Balaban J connectivity index is 0.705. The molecule has 5 aliphatic rings. The predicted molar refractivity (Wildman–Crippen MR) is 380 cm³/mol. The molecule has 11 rings (SSSR count).